The zero-order valence-corrected chi connectivity index (χ0v) is 22.9. The maximum Gasteiger partial charge on any atom is 0.137 e. The third kappa shape index (κ3) is 7.59. The molecule has 7 nitrogen and oxygen atoms in total. The van der Waals surface area contributed by atoms with Crippen molar-refractivity contribution in [2.45, 2.75) is 51.5 Å². The molecule has 0 atom stereocenters. The van der Waals surface area contributed by atoms with Crippen LogP contribution in [0.25, 0.3) is 10.9 Å². The summed E-state index contributed by atoms with van der Waals surface area (Å²) in [6.07, 6.45) is 6.40. The molecule has 1 aromatic heterocycles. The SMILES string of the molecule is C[Si](C)(C)CCOCN=C(CC=N)c1ccc(Oc2ccc3c(cnn3CCN3CCCC3)c2)cc1. The second-order valence-corrected chi connectivity index (χ2v) is 16.2. The fraction of sp³-hybridized carbons (Fsp3) is 0.464. The Bertz CT molecular complexity index is 1160. The number of hydrogen-bond acceptors (Lipinski definition) is 6. The van der Waals surface area contributed by atoms with E-state index in [-0.39, 0.29) is 0 Å². The van der Waals surface area contributed by atoms with Crippen LogP contribution >= 0.6 is 0 Å². The molecule has 0 radical (unpaired) electrons. The number of benzene rings is 2. The van der Waals surface area contributed by atoms with Crippen molar-refractivity contribution < 1.29 is 9.47 Å². The van der Waals surface area contributed by atoms with E-state index in [9.17, 15) is 0 Å². The molecule has 0 spiro atoms. The van der Waals surface area contributed by atoms with Crippen molar-refractivity contribution in [1.82, 2.24) is 14.7 Å². The van der Waals surface area contributed by atoms with Crippen LogP contribution < -0.4 is 4.74 Å². The Morgan fingerprint density at radius 3 is 2.53 bits per heavy atom. The van der Waals surface area contributed by atoms with Gasteiger partial charge in [-0.1, -0.05) is 19.6 Å². The molecule has 0 bridgehead atoms. The second kappa shape index (κ2) is 12.4. The topological polar surface area (TPSA) is 75.7 Å². The van der Waals surface area contributed by atoms with Crippen molar-refractivity contribution in [3.05, 3.63) is 54.2 Å². The molecule has 0 aliphatic carbocycles. The predicted molar refractivity (Wildman–Crippen MR) is 151 cm³/mol. The molecule has 3 aromatic rings. The second-order valence-electron chi connectivity index (χ2n) is 10.6. The van der Waals surface area contributed by atoms with Crippen LogP contribution in [0.4, 0.5) is 0 Å². The van der Waals surface area contributed by atoms with E-state index in [4.69, 9.17) is 14.9 Å². The van der Waals surface area contributed by atoms with Crippen molar-refractivity contribution in [2.75, 3.05) is 33.0 Å². The lowest BCUT2D eigenvalue weighted by Gasteiger charge is -2.15. The van der Waals surface area contributed by atoms with E-state index in [2.05, 4.69) is 45.4 Å². The number of aliphatic imine (C=N–C) groups is 1. The van der Waals surface area contributed by atoms with E-state index in [1.54, 1.807) is 0 Å². The van der Waals surface area contributed by atoms with E-state index in [1.165, 1.54) is 32.1 Å². The highest BCUT2D eigenvalue weighted by Gasteiger charge is 2.13. The monoisotopic (exact) mass is 505 g/mol. The predicted octanol–water partition coefficient (Wildman–Crippen LogP) is 6.07. The lowest BCUT2D eigenvalue weighted by Crippen LogP contribution is -2.24. The molecule has 1 aliphatic rings. The van der Waals surface area contributed by atoms with Crippen LogP contribution in [-0.4, -0.2) is 67.7 Å². The number of aromatic nitrogens is 2. The third-order valence-electron chi connectivity index (χ3n) is 6.50. The van der Waals surface area contributed by atoms with Gasteiger partial charge in [-0.15, -0.1) is 0 Å². The Morgan fingerprint density at radius 2 is 1.81 bits per heavy atom. The van der Waals surface area contributed by atoms with Crippen LogP contribution in [0.5, 0.6) is 11.5 Å². The van der Waals surface area contributed by atoms with Gasteiger partial charge in [-0.25, -0.2) is 0 Å². The van der Waals surface area contributed by atoms with E-state index in [0.717, 1.165) is 59.4 Å². The number of nitrogens with one attached hydrogen (secondary N) is 1. The summed E-state index contributed by atoms with van der Waals surface area (Å²) in [5, 5.41) is 13.2. The average Bonchev–Trinajstić information content (AvgIpc) is 3.51. The summed E-state index contributed by atoms with van der Waals surface area (Å²) in [5.74, 6) is 1.55. The highest BCUT2D eigenvalue weighted by Crippen LogP contribution is 2.26. The largest absolute Gasteiger partial charge is 0.457 e. The molecule has 1 fully saturated rings. The van der Waals surface area contributed by atoms with E-state index >= 15 is 0 Å². The molecule has 4 rings (SSSR count). The number of fused-ring (bicyclic) bond motifs is 1. The molecule has 1 saturated heterocycles. The number of nitrogens with zero attached hydrogens (tertiary/aromatic N) is 4. The van der Waals surface area contributed by atoms with Crippen molar-refractivity contribution >= 4 is 30.9 Å². The maximum atomic E-state index is 7.53. The van der Waals surface area contributed by atoms with Crippen molar-refractivity contribution in [3.8, 4) is 11.5 Å². The first-order chi connectivity index (χ1) is 17.4. The summed E-state index contributed by atoms with van der Waals surface area (Å²) in [6, 6.07) is 15.2. The van der Waals surface area contributed by atoms with Gasteiger partial charge in [-0.05, 0) is 80.0 Å². The van der Waals surface area contributed by atoms with Crippen molar-refractivity contribution in [2.24, 2.45) is 4.99 Å². The molecule has 0 amide bonds. The van der Waals surface area contributed by atoms with Gasteiger partial charge in [0.2, 0.25) is 0 Å². The minimum absolute atomic E-state index is 0.331. The van der Waals surface area contributed by atoms with Crippen LogP contribution in [0.2, 0.25) is 25.7 Å². The molecule has 8 heteroatoms. The summed E-state index contributed by atoms with van der Waals surface area (Å²) in [4.78, 5) is 7.11. The van der Waals surface area contributed by atoms with Gasteiger partial charge in [0.15, 0.2) is 0 Å². The summed E-state index contributed by atoms with van der Waals surface area (Å²) in [6.45, 7) is 12.5. The Labute approximate surface area is 215 Å². The lowest BCUT2D eigenvalue weighted by atomic mass is 10.1. The third-order valence-corrected chi connectivity index (χ3v) is 8.21. The number of ether oxygens (including phenoxy) is 2. The first-order valence-corrected chi connectivity index (χ1v) is 16.7. The van der Waals surface area contributed by atoms with Gasteiger partial charge >= 0.3 is 0 Å². The first kappa shape index (κ1) is 26.3. The average molecular weight is 506 g/mol. The molecule has 0 unspecified atom stereocenters. The molecule has 2 heterocycles. The minimum atomic E-state index is -1.11. The Balaban J connectivity index is 1.35. The van der Waals surface area contributed by atoms with Crippen LogP contribution in [0.3, 0.4) is 0 Å². The molecular formula is C28H39N5O2Si. The molecular weight excluding hydrogens is 466 g/mol. The molecule has 36 heavy (non-hydrogen) atoms. The van der Waals surface area contributed by atoms with Gasteiger partial charge in [0.1, 0.15) is 18.2 Å². The molecule has 2 aromatic carbocycles. The zero-order valence-electron chi connectivity index (χ0n) is 21.9. The van der Waals surface area contributed by atoms with Crippen LogP contribution in [-0.2, 0) is 11.3 Å². The fourth-order valence-electron chi connectivity index (χ4n) is 4.34. The zero-order chi connectivity index (χ0) is 25.4. The van der Waals surface area contributed by atoms with Crippen LogP contribution in [0.15, 0.2) is 53.7 Å². The van der Waals surface area contributed by atoms with Gasteiger partial charge in [0.05, 0.1) is 24.0 Å². The minimum Gasteiger partial charge on any atom is -0.457 e. The van der Waals surface area contributed by atoms with Crippen molar-refractivity contribution in [1.29, 1.82) is 5.41 Å². The van der Waals surface area contributed by atoms with Crippen molar-refractivity contribution in [3.63, 3.8) is 0 Å². The molecule has 192 valence electrons. The fourth-order valence-corrected chi connectivity index (χ4v) is 5.09. The molecule has 1 aliphatic heterocycles. The quantitative estimate of drug-likeness (QED) is 0.174. The molecule has 1 N–H and O–H groups in total. The normalized spacial score (nSPS) is 15.0. The van der Waals surface area contributed by atoms with Gasteiger partial charge in [-0.2, -0.15) is 5.10 Å². The number of hydrogen-bond donors (Lipinski definition) is 1. The smallest absolute Gasteiger partial charge is 0.137 e. The Kier molecular flexibility index (Phi) is 9.06. The van der Waals surface area contributed by atoms with Crippen LogP contribution in [0.1, 0.15) is 24.8 Å². The first-order valence-electron chi connectivity index (χ1n) is 13.0. The van der Waals surface area contributed by atoms with Crippen LogP contribution in [0, 0.1) is 5.41 Å². The van der Waals surface area contributed by atoms with Gasteiger partial charge in [0, 0.05) is 39.2 Å². The molecule has 0 saturated carbocycles. The van der Waals surface area contributed by atoms with Gasteiger partial charge in [0.25, 0.3) is 0 Å². The summed E-state index contributed by atoms with van der Waals surface area (Å²) < 4.78 is 13.9. The highest BCUT2D eigenvalue weighted by molar-refractivity contribution is 6.76. The maximum absolute atomic E-state index is 7.53. The van der Waals surface area contributed by atoms with Gasteiger partial charge in [-0.3, -0.25) is 9.67 Å². The van der Waals surface area contributed by atoms with E-state index in [0.29, 0.717) is 13.2 Å². The Morgan fingerprint density at radius 1 is 1.06 bits per heavy atom. The standard InChI is InChI=1S/C28H39N5O2Si/c1-36(2,3)19-18-34-22-30-27(12-13-29)23-6-8-25(9-7-23)35-26-10-11-28-24(20-26)21-31-33(28)17-16-32-14-4-5-15-32/h6-11,13,20-21,29H,4-5,12,14-19,22H2,1-3H3. The van der Waals surface area contributed by atoms with Gasteiger partial charge < -0.3 is 19.8 Å². The highest BCUT2D eigenvalue weighted by atomic mass is 28.3. The lowest BCUT2D eigenvalue weighted by molar-refractivity contribution is 0.155. The summed E-state index contributed by atoms with van der Waals surface area (Å²) in [7, 11) is -1.11. The summed E-state index contributed by atoms with van der Waals surface area (Å²) in [5.41, 5.74) is 2.97. The number of rotatable bonds is 13. The van der Waals surface area contributed by atoms with E-state index in [1.807, 2.05) is 42.6 Å². The Hall–Kier alpha value is -2.81. The van der Waals surface area contributed by atoms with E-state index < -0.39 is 8.07 Å². The summed E-state index contributed by atoms with van der Waals surface area (Å²) >= 11 is 0. The number of likely N-dealkylation sites (tertiary alicyclic amines) is 1.